The predicted molar refractivity (Wildman–Crippen MR) is 198 cm³/mol. The Labute approximate surface area is 324 Å². The fraction of sp³-hybridized carbons (Fsp3) is 0.643. The van der Waals surface area contributed by atoms with Crippen LogP contribution in [-0.4, -0.2) is 64.7 Å². The smallest absolute Gasteiger partial charge is 0.416 e. The minimum atomic E-state index is -4.60. The van der Waals surface area contributed by atoms with Gasteiger partial charge in [0.1, 0.15) is 6.61 Å². The highest BCUT2D eigenvalue weighted by Crippen LogP contribution is 2.52. The van der Waals surface area contributed by atoms with E-state index in [0.29, 0.717) is 86.2 Å². The lowest BCUT2D eigenvalue weighted by atomic mass is 9.68. The first kappa shape index (κ1) is 40.7. The van der Waals surface area contributed by atoms with Gasteiger partial charge in [-0.25, -0.2) is 23.1 Å². The largest absolute Gasteiger partial charge is 0.488 e. The zero-order valence-electron chi connectivity index (χ0n) is 32.3. The molecular weight excluding hydrogens is 738 g/mol. The number of aliphatic hydroxyl groups is 1. The third-order valence-corrected chi connectivity index (χ3v) is 11.8. The Morgan fingerprint density at radius 3 is 2.25 bits per heavy atom. The van der Waals surface area contributed by atoms with Crippen LogP contribution < -0.4 is 9.64 Å². The van der Waals surface area contributed by atoms with Gasteiger partial charge in [-0.2, -0.15) is 13.2 Å². The van der Waals surface area contributed by atoms with E-state index in [9.17, 15) is 27.1 Å². The second-order valence-electron chi connectivity index (χ2n) is 16.9. The summed E-state index contributed by atoms with van der Waals surface area (Å²) in [5, 5.41) is 11.6. The molecule has 4 atom stereocenters. The van der Waals surface area contributed by atoms with Gasteiger partial charge in [-0.15, -0.1) is 0 Å². The molecule has 0 radical (unpaired) electrons. The van der Waals surface area contributed by atoms with Crippen LogP contribution >= 0.6 is 0 Å². The number of fused-ring (bicyclic) bond motifs is 1. The average Bonchev–Trinajstić information content (AvgIpc) is 3.16. The van der Waals surface area contributed by atoms with Gasteiger partial charge in [-0.3, -0.25) is 4.98 Å². The zero-order valence-corrected chi connectivity index (χ0v) is 32.3. The van der Waals surface area contributed by atoms with E-state index in [1.54, 1.807) is 12.4 Å². The Balaban J connectivity index is 1.16. The highest BCUT2D eigenvalue weighted by Gasteiger charge is 2.44. The van der Waals surface area contributed by atoms with Gasteiger partial charge < -0.3 is 24.2 Å². The molecule has 4 heterocycles. The van der Waals surface area contributed by atoms with Gasteiger partial charge in [0, 0.05) is 55.3 Å². The molecule has 4 aliphatic rings. The summed E-state index contributed by atoms with van der Waals surface area (Å²) < 4.78 is 104. The third kappa shape index (κ3) is 9.28. The van der Waals surface area contributed by atoms with Crippen molar-refractivity contribution in [2.45, 2.75) is 140 Å². The molecule has 1 saturated carbocycles. The van der Waals surface area contributed by atoms with Crippen LogP contribution in [0.15, 0.2) is 36.7 Å². The molecule has 2 unspecified atom stereocenters. The molecule has 56 heavy (non-hydrogen) atoms. The van der Waals surface area contributed by atoms with Crippen LogP contribution in [0, 0.1) is 5.41 Å². The average molecular weight is 791 g/mol. The number of aliphatic hydroxyl groups excluding tert-OH is 1. The van der Waals surface area contributed by atoms with Gasteiger partial charge in [-0.1, -0.05) is 26.0 Å². The molecule has 306 valence electrons. The van der Waals surface area contributed by atoms with E-state index in [1.165, 1.54) is 0 Å². The summed E-state index contributed by atoms with van der Waals surface area (Å²) in [5.41, 5.74) is 1.18. The van der Waals surface area contributed by atoms with E-state index in [2.05, 4.69) is 9.97 Å². The highest BCUT2D eigenvalue weighted by molar-refractivity contribution is 5.51. The first-order chi connectivity index (χ1) is 26.6. The van der Waals surface area contributed by atoms with Crippen molar-refractivity contribution in [3.63, 3.8) is 0 Å². The van der Waals surface area contributed by atoms with Gasteiger partial charge in [0.05, 0.1) is 35.9 Å². The molecule has 7 rings (SSSR count). The topological polar surface area (TPSA) is 89.8 Å². The predicted octanol–water partition coefficient (Wildman–Crippen LogP) is 9.94. The number of nitrogens with zero attached hydrogens (tertiary/aromatic N) is 4. The summed E-state index contributed by atoms with van der Waals surface area (Å²) in [6.45, 7) is 8.04. The molecule has 1 aromatic carbocycles. The van der Waals surface area contributed by atoms with E-state index in [0.717, 1.165) is 43.5 Å². The minimum absolute atomic E-state index is 0.0189. The van der Waals surface area contributed by atoms with E-state index in [1.807, 2.05) is 25.7 Å². The summed E-state index contributed by atoms with van der Waals surface area (Å²) in [5.74, 6) is -2.54. The van der Waals surface area contributed by atoms with Crippen LogP contribution in [0.5, 0.6) is 5.75 Å². The molecule has 1 N–H and O–H groups in total. The number of ether oxygens (including phenoxy) is 3. The van der Waals surface area contributed by atoms with Crippen LogP contribution in [0.1, 0.15) is 148 Å². The maximum absolute atomic E-state index is 17.3. The van der Waals surface area contributed by atoms with Crippen LogP contribution in [0.25, 0.3) is 0 Å². The maximum atomic E-state index is 17.3. The number of hydrogen-bond donors (Lipinski definition) is 1. The van der Waals surface area contributed by atoms with Crippen molar-refractivity contribution in [1.82, 2.24) is 15.0 Å². The Bertz CT molecular complexity index is 1780. The number of hydrogen-bond acceptors (Lipinski definition) is 8. The number of rotatable bonds is 10. The van der Waals surface area contributed by atoms with Gasteiger partial charge in [0.25, 0.3) is 0 Å². The van der Waals surface area contributed by atoms with Crippen LogP contribution in [-0.2, 0) is 22.1 Å². The Kier molecular flexibility index (Phi) is 11.9. The lowest BCUT2D eigenvalue weighted by molar-refractivity contribution is -0.189. The second kappa shape index (κ2) is 16.4. The summed E-state index contributed by atoms with van der Waals surface area (Å²) >= 11 is 0. The molecule has 14 heteroatoms. The second-order valence-corrected chi connectivity index (χ2v) is 16.9. The molecule has 2 aliphatic carbocycles. The maximum Gasteiger partial charge on any atom is 0.416 e. The molecule has 0 spiro atoms. The van der Waals surface area contributed by atoms with Crippen molar-refractivity contribution < 1.29 is 45.7 Å². The monoisotopic (exact) mass is 790 g/mol. The van der Waals surface area contributed by atoms with E-state index in [-0.39, 0.29) is 60.5 Å². The molecule has 3 aromatic rings. The highest BCUT2D eigenvalue weighted by atomic mass is 19.4. The van der Waals surface area contributed by atoms with E-state index >= 15 is 4.39 Å². The number of piperidine rings is 1. The van der Waals surface area contributed by atoms with Crippen molar-refractivity contribution in [2.24, 2.45) is 5.41 Å². The van der Waals surface area contributed by atoms with Crippen molar-refractivity contribution in [3.05, 3.63) is 75.9 Å². The fourth-order valence-electron chi connectivity index (χ4n) is 8.95. The minimum Gasteiger partial charge on any atom is -0.488 e. The summed E-state index contributed by atoms with van der Waals surface area (Å²) in [6, 6.07) is 4.00. The van der Waals surface area contributed by atoms with Crippen LogP contribution in [0.4, 0.5) is 32.3 Å². The van der Waals surface area contributed by atoms with Gasteiger partial charge in [0.15, 0.2) is 18.2 Å². The first-order valence-corrected chi connectivity index (χ1v) is 20.0. The lowest BCUT2D eigenvalue weighted by Gasteiger charge is -2.41. The summed E-state index contributed by atoms with van der Waals surface area (Å²) in [6.07, 6.45) is -0.207. The summed E-state index contributed by atoms with van der Waals surface area (Å²) in [7, 11) is 0. The summed E-state index contributed by atoms with van der Waals surface area (Å²) in [4.78, 5) is 16.3. The number of alkyl halides is 6. The quantitative estimate of drug-likeness (QED) is 0.203. The van der Waals surface area contributed by atoms with E-state index in [4.69, 9.17) is 19.2 Å². The lowest BCUT2D eigenvalue weighted by Crippen LogP contribution is -2.36. The van der Waals surface area contributed by atoms with Gasteiger partial charge in [0.2, 0.25) is 11.9 Å². The van der Waals surface area contributed by atoms with Crippen molar-refractivity contribution in [2.75, 3.05) is 31.2 Å². The van der Waals surface area contributed by atoms with Gasteiger partial charge in [-0.05, 0) is 99.3 Å². The van der Waals surface area contributed by atoms with Crippen molar-refractivity contribution >= 4 is 5.95 Å². The Morgan fingerprint density at radius 1 is 0.946 bits per heavy atom. The number of pyridine rings is 1. The van der Waals surface area contributed by atoms with Crippen molar-refractivity contribution in [1.29, 1.82) is 0 Å². The van der Waals surface area contributed by atoms with Gasteiger partial charge >= 0.3 is 6.18 Å². The Hall–Kier alpha value is -3.49. The zero-order chi connectivity index (χ0) is 39.8. The van der Waals surface area contributed by atoms with Crippen LogP contribution in [0.3, 0.4) is 0 Å². The number of benzene rings is 1. The number of aromatic nitrogens is 3. The Morgan fingerprint density at radius 2 is 1.62 bits per heavy atom. The molecule has 2 aromatic heterocycles. The SMILES string of the molecule is C[C@@H](COc1cnc(N2CCC(c3nc4c(c(C5CCC(F)(F)CC5)c3C(F)c3ccc(C(F)(F)F)cc3)[C@@H](O)CC(C)(C)C4)CC2)nc1)OC1CCCCO1. The number of anilines is 1. The molecule has 0 bridgehead atoms. The normalized spacial score (nSPS) is 24.4. The standard InChI is InChI=1S/C42H52F6N4O4/c1-25(56-33-6-4-5-19-54-33)24-55-30-22-49-39(50-23-30)52-17-13-28(14-18-52)38-36(37(43)27-7-9-29(10-8-27)42(46,47)48)34(26-11-15-41(44,45)16-12-26)35-31(51-38)20-40(2,3)21-32(35)53/h7-10,22-23,25-26,28,32-33,37,53H,4-6,11-21,24H2,1-3H3/t25-,32-,33?,37?/m0/s1. The first-order valence-electron chi connectivity index (χ1n) is 20.0. The number of halogens is 6. The molecule has 2 aliphatic heterocycles. The molecule has 8 nitrogen and oxygen atoms in total. The molecule has 3 fully saturated rings. The van der Waals surface area contributed by atoms with E-state index < -0.39 is 35.9 Å². The molecule has 2 saturated heterocycles. The molecular formula is C42H52F6N4O4. The van der Waals surface area contributed by atoms with Crippen LogP contribution in [0.2, 0.25) is 0 Å². The third-order valence-electron chi connectivity index (χ3n) is 11.8. The molecule has 0 amide bonds. The fourth-order valence-corrected chi connectivity index (χ4v) is 8.95. The van der Waals surface area contributed by atoms with Crippen molar-refractivity contribution in [3.8, 4) is 5.75 Å².